The predicted octanol–water partition coefficient (Wildman–Crippen LogP) is 3.82. The lowest BCUT2D eigenvalue weighted by atomic mass is 10.1. The lowest BCUT2D eigenvalue weighted by Crippen LogP contribution is -2.05. The van der Waals surface area contributed by atoms with Crippen molar-refractivity contribution in [1.82, 2.24) is 0 Å². The molecule has 0 fully saturated rings. The summed E-state index contributed by atoms with van der Waals surface area (Å²) in [5, 5.41) is 13.9. The van der Waals surface area contributed by atoms with Crippen LogP contribution in [0, 0.1) is 16.0 Å². The Balaban J connectivity index is 2.68. The van der Waals surface area contributed by atoms with Gasteiger partial charge in [0.05, 0.1) is 9.40 Å². The zero-order chi connectivity index (χ0) is 12.1. The molecule has 0 spiro atoms. The molecule has 1 aromatic rings. The van der Waals surface area contributed by atoms with Gasteiger partial charge < -0.3 is 5.32 Å². The van der Waals surface area contributed by atoms with Gasteiger partial charge in [-0.1, -0.05) is 13.8 Å². The second kappa shape index (κ2) is 5.84. The fourth-order valence-corrected chi connectivity index (χ4v) is 1.66. The molecular formula is C11H15BrN2O2. The third kappa shape index (κ3) is 3.81. The molecule has 0 bridgehead atoms. The quantitative estimate of drug-likeness (QED) is 0.661. The van der Waals surface area contributed by atoms with Gasteiger partial charge in [0.1, 0.15) is 0 Å². The predicted molar refractivity (Wildman–Crippen MR) is 68.7 cm³/mol. The first-order chi connectivity index (χ1) is 7.50. The van der Waals surface area contributed by atoms with Crippen LogP contribution in [0.4, 0.5) is 11.4 Å². The molecule has 0 aliphatic carbocycles. The molecule has 1 N–H and O–H groups in total. The van der Waals surface area contributed by atoms with Crippen molar-refractivity contribution < 1.29 is 4.92 Å². The number of hydrogen-bond acceptors (Lipinski definition) is 3. The average molecular weight is 287 g/mol. The van der Waals surface area contributed by atoms with Crippen molar-refractivity contribution in [3.05, 3.63) is 32.8 Å². The van der Waals surface area contributed by atoms with E-state index in [4.69, 9.17) is 0 Å². The van der Waals surface area contributed by atoms with Gasteiger partial charge in [0, 0.05) is 18.3 Å². The fraction of sp³-hybridized carbons (Fsp3) is 0.455. The molecule has 0 saturated heterocycles. The summed E-state index contributed by atoms with van der Waals surface area (Å²) in [5.41, 5.74) is 0.880. The molecule has 0 radical (unpaired) electrons. The number of benzene rings is 1. The lowest BCUT2D eigenvalue weighted by Gasteiger charge is -2.08. The minimum atomic E-state index is -0.391. The molecule has 16 heavy (non-hydrogen) atoms. The van der Waals surface area contributed by atoms with E-state index in [0.717, 1.165) is 18.7 Å². The zero-order valence-electron chi connectivity index (χ0n) is 9.37. The van der Waals surface area contributed by atoms with Gasteiger partial charge in [0.25, 0.3) is 5.69 Å². The van der Waals surface area contributed by atoms with E-state index in [-0.39, 0.29) is 5.69 Å². The molecule has 88 valence electrons. The number of halogens is 1. The van der Waals surface area contributed by atoms with Crippen LogP contribution in [-0.4, -0.2) is 11.5 Å². The van der Waals surface area contributed by atoms with E-state index in [1.54, 1.807) is 12.1 Å². The number of nitrogens with one attached hydrogen (secondary N) is 1. The van der Waals surface area contributed by atoms with Crippen LogP contribution in [0.15, 0.2) is 22.7 Å². The first-order valence-electron chi connectivity index (χ1n) is 5.18. The molecule has 5 heteroatoms. The summed E-state index contributed by atoms with van der Waals surface area (Å²) < 4.78 is 0.506. The molecule has 4 nitrogen and oxygen atoms in total. The second-order valence-electron chi connectivity index (χ2n) is 4.03. The second-order valence-corrected chi connectivity index (χ2v) is 4.89. The smallest absolute Gasteiger partial charge is 0.285 e. The van der Waals surface area contributed by atoms with Crippen LogP contribution in [0.5, 0.6) is 0 Å². The van der Waals surface area contributed by atoms with Crippen molar-refractivity contribution in [2.45, 2.75) is 20.3 Å². The van der Waals surface area contributed by atoms with Gasteiger partial charge in [-0.3, -0.25) is 10.1 Å². The highest BCUT2D eigenvalue weighted by Crippen LogP contribution is 2.27. The summed E-state index contributed by atoms with van der Waals surface area (Å²) in [4.78, 5) is 10.3. The summed E-state index contributed by atoms with van der Waals surface area (Å²) in [7, 11) is 0. The van der Waals surface area contributed by atoms with Gasteiger partial charge >= 0.3 is 0 Å². The monoisotopic (exact) mass is 286 g/mol. The molecule has 0 aliphatic heterocycles. The van der Waals surface area contributed by atoms with E-state index in [0.29, 0.717) is 10.4 Å². The fourth-order valence-electron chi connectivity index (χ4n) is 1.27. The molecule has 0 unspecified atom stereocenters. The van der Waals surface area contributed by atoms with Crippen molar-refractivity contribution >= 4 is 27.3 Å². The van der Waals surface area contributed by atoms with Crippen LogP contribution in [0.2, 0.25) is 0 Å². The Morgan fingerprint density at radius 3 is 2.75 bits per heavy atom. The molecule has 0 saturated carbocycles. The lowest BCUT2D eigenvalue weighted by molar-refractivity contribution is -0.385. The van der Waals surface area contributed by atoms with Gasteiger partial charge in [0.15, 0.2) is 0 Å². The van der Waals surface area contributed by atoms with E-state index in [9.17, 15) is 10.1 Å². The van der Waals surface area contributed by atoms with E-state index in [1.165, 1.54) is 0 Å². The highest BCUT2D eigenvalue weighted by atomic mass is 79.9. The Kier molecular flexibility index (Phi) is 4.73. The van der Waals surface area contributed by atoms with Gasteiger partial charge in [0.2, 0.25) is 0 Å². The van der Waals surface area contributed by atoms with E-state index in [2.05, 4.69) is 35.1 Å². The van der Waals surface area contributed by atoms with Crippen molar-refractivity contribution in [3.63, 3.8) is 0 Å². The molecule has 0 aliphatic rings. The SMILES string of the molecule is CC(C)CCNc1ccc(Br)c([N+](=O)[O-])c1. The summed E-state index contributed by atoms with van der Waals surface area (Å²) in [6, 6.07) is 5.07. The van der Waals surface area contributed by atoms with Gasteiger partial charge in [-0.05, 0) is 40.4 Å². The third-order valence-corrected chi connectivity index (χ3v) is 2.86. The van der Waals surface area contributed by atoms with Gasteiger partial charge in [-0.15, -0.1) is 0 Å². The maximum atomic E-state index is 10.7. The Morgan fingerprint density at radius 1 is 1.50 bits per heavy atom. The first-order valence-corrected chi connectivity index (χ1v) is 5.98. The topological polar surface area (TPSA) is 55.2 Å². The Bertz CT molecular complexity index is 380. The Morgan fingerprint density at radius 2 is 2.19 bits per heavy atom. The number of nitro benzene ring substituents is 1. The van der Waals surface area contributed by atoms with Gasteiger partial charge in [-0.2, -0.15) is 0 Å². The minimum absolute atomic E-state index is 0.0922. The maximum absolute atomic E-state index is 10.7. The molecule has 1 aromatic carbocycles. The van der Waals surface area contributed by atoms with Crippen LogP contribution in [0.1, 0.15) is 20.3 Å². The molecule has 1 rings (SSSR count). The van der Waals surface area contributed by atoms with E-state index in [1.807, 2.05) is 6.07 Å². The minimum Gasteiger partial charge on any atom is -0.385 e. The van der Waals surface area contributed by atoms with Crippen LogP contribution >= 0.6 is 15.9 Å². The highest BCUT2D eigenvalue weighted by molar-refractivity contribution is 9.10. The van der Waals surface area contributed by atoms with Gasteiger partial charge in [-0.25, -0.2) is 0 Å². The number of rotatable bonds is 5. The van der Waals surface area contributed by atoms with Crippen LogP contribution in [-0.2, 0) is 0 Å². The van der Waals surface area contributed by atoms with Crippen molar-refractivity contribution in [1.29, 1.82) is 0 Å². The number of anilines is 1. The van der Waals surface area contributed by atoms with Crippen LogP contribution < -0.4 is 5.32 Å². The molecule has 0 heterocycles. The molecule has 0 atom stereocenters. The van der Waals surface area contributed by atoms with Crippen LogP contribution in [0.3, 0.4) is 0 Å². The van der Waals surface area contributed by atoms with Crippen molar-refractivity contribution in [2.75, 3.05) is 11.9 Å². The van der Waals surface area contributed by atoms with E-state index < -0.39 is 4.92 Å². The largest absolute Gasteiger partial charge is 0.385 e. The summed E-state index contributed by atoms with van der Waals surface area (Å²) >= 11 is 3.15. The molecule has 0 aromatic heterocycles. The Hall–Kier alpha value is -1.10. The van der Waals surface area contributed by atoms with Crippen molar-refractivity contribution in [2.24, 2.45) is 5.92 Å². The normalized spacial score (nSPS) is 10.5. The molecular weight excluding hydrogens is 272 g/mol. The number of hydrogen-bond donors (Lipinski definition) is 1. The Labute approximate surface area is 103 Å². The zero-order valence-corrected chi connectivity index (χ0v) is 11.0. The summed E-state index contributed by atoms with van der Waals surface area (Å²) in [5.74, 6) is 0.623. The number of nitro groups is 1. The number of nitrogens with zero attached hydrogens (tertiary/aromatic N) is 1. The third-order valence-electron chi connectivity index (χ3n) is 2.19. The van der Waals surface area contributed by atoms with E-state index >= 15 is 0 Å². The average Bonchev–Trinajstić information content (AvgIpc) is 2.19. The maximum Gasteiger partial charge on any atom is 0.285 e. The highest BCUT2D eigenvalue weighted by Gasteiger charge is 2.11. The first kappa shape index (κ1) is 13.0. The summed E-state index contributed by atoms with van der Waals surface area (Å²) in [6.07, 6.45) is 1.05. The summed E-state index contributed by atoms with van der Waals surface area (Å²) in [6.45, 7) is 5.12. The standard InChI is InChI=1S/C11H15BrN2O2/c1-8(2)5-6-13-9-3-4-10(12)11(7-9)14(15)16/h3-4,7-8,13H,5-6H2,1-2H3. The van der Waals surface area contributed by atoms with Crippen LogP contribution in [0.25, 0.3) is 0 Å². The molecule has 0 amide bonds. The van der Waals surface area contributed by atoms with Crippen molar-refractivity contribution in [3.8, 4) is 0 Å².